The number of ether oxygens (including phenoxy) is 2. The van der Waals surface area contributed by atoms with Crippen LogP contribution in [0.3, 0.4) is 0 Å². The zero-order valence-electron chi connectivity index (χ0n) is 16.2. The van der Waals surface area contributed by atoms with Crippen LogP contribution in [-0.2, 0) is 4.79 Å². The number of hydrogen-bond acceptors (Lipinski definition) is 5. The van der Waals surface area contributed by atoms with Crippen LogP contribution in [0.5, 0.6) is 11.5 Å². The molecule has 0 aromatic heterocycles. The Morgan fingerprint density at radius 3 is 2.48 bits per heavy atom. The fourth-order valence-corrected chi connectivity index (χ4v) is 2.65. The summed E-state index contributed by atoms with van der Waals surface area (Å²) in [6.45, 7) is 2.39. The number of nitriles is 1. The number of nitrogens with one attached hydrogen (secondary N) is 1. The second kappa shape index (κ2) is 9.60. The van der Waals surface area contributed by atoms with Crippen molar-refractivity contribution in [3.8, 4) is 17.6 Å². The van der Waals surface area contributed by atoms with Crippen LogP contribution in [-0.4, -0.2) is 45.2 Å². The number of carbonyl (C=O) groups excluding carboxylic acids is 1. The van der Waals surface area contributed by atoms with Gasteiger partial charge in [-0.05, 0) is 38.7 Å². The summed E-state index contributed by atoms with van der Waals surface area (Å²) >= 11 is 0. The lowest BCUT2D eigenvalue weighted by Crippen LogP contribution is -2.36. The van der Waals surface area contributed by atoms with E-state index in [2.05, 4.69) is 34.5 Å². The number of hydrogen-bond donors (Lipinski definition) is 1. The highest BCUT2D eigenvalue weighted by atomic mass is 16.5. The lowest BCUT2D eigenvalue weighted by Gasteiger charge is -2.25. The summed E-state index contributed by atoms with van der Waals surface area (Å²) in [6, 6.07) is 15.2. The second-order valence-corrected chi connectivity index (χ2v) is 6.46. The molecular weight excluding hydrogens is 342 g/mol. The van der Waals surface area contributed by atoms with Crippen molar-refractivity contribution in [3.05, 3.63) is 59.2 Å². The molecule has 2 rings (SSSR count). The largest absolute Gasteiger partial charge is 0.493 e. The molecule has 0 saturated carbocycles. The second-order valence-electron chi connectivity index (χ2n) is 6.46. The number of nitrogens with zero attached hydrogens (tertiary/aromatic N) is 2. The number of benzene rings is 2. The van der Waals surface area contributed by atoms with E-state index in [1.807, 2.05) is 27.1 Å². The summed E-state index contributed by atoms with van der Waals surface area (Å²) < 4.78 is 10.7. The van der Waals surface area contributed by atoms with Crippen molar-refractivity contribution < 1.29 is 14.3 Å². The normalized spacial score (nSPS) is 11.6. The molecule has 1 amide bonds. The molecule has 0 bridgehead atoms. The van der Waals surface area contributed by atoms with E-state index in [0.717, 1.165) is 5.56 Å². The van der Waals surface area contributed by atoms with Gasteiger partial charge in [0.25, 0.3) is 5.91 Å². The van der Waals surface area contributed by atoms with Crippen molar-refractivity contribution in [2.75, 3.05) is 34.4 Å². The predicted molar refractivity (Wildman–Crippen MR) is 104 cm³/mol. The van der Waals surface area contributed by atoms with Gasteiger partial charge < -0.3 is 19.7 Å². The summed E-state index contributed by atoms with van der Waals surface area (Å²) in [7, 11) is 5.45. The minimum atomic E-state index is -0.222. The Labute approximate surface area is 160 Å². The molecule has 0 fully saturated rings. The summed E-state index contributed by atoms with van der Waals surface area (Å²) in [5.41, 5.74) is 2.81. The number of methoxy groups -OCH3 is 1. The topological polar surface area (TPSA) is 74.6 Å². The average Bonchev–Trinajstić information content (AvgIpc) is 2.67. The van der Waals surface area contributed by atoms with E-state index in [1.54, 1.807) is 18.2 Å². The monoisotopic (exact) mass is 367 g/mol. The summed E-state index contributed by atoms with van der Waals surface area (Å²) in [5, 5.41) is 11.8. The van der Waals surface area contributed by atoms with E-state index < -0.39 is 0 Å². The molecule has 0 aliphatic rings. The standard InChI is InChI=1S/C21H25N3O3/c1-15-5-8-17(9-6-15)18(24(2)3)13-23-21(25)14-27-19-10-7-16(12-22)11-20(19)26-4/h5-11,18H,13-14H2,1-4H3,(H,23,25). The molecular formula is C21H25N3O3. The Hall–Kier alpha value is -3.04. The molecule has 1 N–H and O–H groups in total. The van der Waals surface area contributed by atoms with E-state index >= 15 is 0 Å². The molecule has 0 saturated heterocycles. The number of likely N-dealkylation sites (N-methyl/N-ethyl adjacent to an activating group) is 1. The van der Waals surface area contributed by atoms with Crippen molar-refractivity contribution in [2.24, 2.45) is 0 Å². The number of aryl methyl sites for hydroxylation is 1. The van der Waals surface area contributed by atoms with E-state index in [4.69, 9.17) is 14.7 Å². The van der Waals surface area contributed by atoms with E-state index in [0.29, 0.717) is 23.6 Å². The van der Waals surface area contributed by atoms with Crippen molar-refractivity contribution in [2.45, 2.75) is 13.0 Å². The average molecular weight is 367 g/mol. The molecule has 1 atom stereocenters. The van der Waals surface area contributed by atoms with Gasteiger partial charge in [0, 0.05) is 12.6 Å². The fourth-order valence-electron chi connectivity index (χ4n) is 2.65. The molecule has 0 heterocycles. The van der Waals surface area contributed by atoms with Crippen LogP contribution in [0.15, 0.2) is 42.5 Å². The maximum Gasteiger partial charge on any atom is 0.258 e. The van der Waals surface area contributed by atoms with Gasteiger partial charge in [-0.25, -0.2) is 0 Å². The Bertz CT molecular complexity index is 810. The quantitative estimate of drug-likeness (QED) is 0.776. The number of carbonyl (C=O) groups is 1. The zero-order chi connectivity index (χ0) is 19.8. The van der Waals surface area contributed by atoms with Crippen LogP contribution in [0.25, 0.3) is 0 Å². The molecule has 1 unspecified atom stereocenters. The Morgan fingerprint density at radius 2 is 1.89 bits per heavy atom. The van der Waals surface area contributed by atoms with Gasteiger partial charge in [0.05, 0.1) is 24.8 Å². The van der Waals surface area contributed by atoms with Crippen molar-refractivity contribution in [1.29, 1.82) is 5.26 Å². The van der Waals surface area contributed by atoms with Gasteiger partial charge in [-0.3, -0.25) is 4.79 Å². The summed E-state index contributed by atoms with van der Waals surface area (Å²) in [4.78, 5) is 14.3. The Morgan fingerprint density at radius 1 is 1.19 bits per heavy atom. The summed E-state index contributed by atoms with van der Waals surface area (Å²) in [6.07, 6.45) is 0. The van der Waals surface area contributed by atoms with Crippen LogP contribution in [0.4, 0.5) is 0 Å². The molecule has 2 aromatic carbocycles. The Balaban J connectivity index is 1.93. The van der Waals surface area contributed by atoms with Gasteiger partial charge in [0.1, 0.15) is 0 Å². The third kappa shape index (κ3) is 5.73. The van der Waals surface area contributed by atoms with Crippen molar-refractivity contribution in [1.82, 2.24) is 10.2 Å². The van der Waals surface area contributed by atoms with E-state index in [1.165, 1.54) is 12.7 Å². The molecule has 6 heteroatoms. The molecule has 0 aliphatic heterocycles. The van der Waals surface area contributed by atoms with Gasteiger partial charge in [-0.1, -0.05) is 29.8 Å². The fraction of sp³-hybridized carbons (Fsp3) is 0.333. The first-order chi connectivity index (χ1) is 12.9. The lowest BCUT2D eigenvalue weighted by molar-refractivity contribution is -0.123. The molecule has 2 aromatic rings. The number of amides is 1. The highest BCUT2D eigenvalue weighted by molar-refractivity contribution is 5.77. The molecule has 142 valence electrons. The van der Waals surface area contributed by atoms with Crippen LogP contribution in [0.2, 0.25) is 0 Å². The van der Waals surface area contributed by atoms with Gasteiger partial charge in [0.2, 0.25) is 0 Å². The molecule has 6 nitrogen and oxygen atoms in total. The number of rotatable bonds is 8. The maximum atomic E-state index is 12.2. The van der Waals surface area contributed by atoms with E-state index in [9.17, 15) is 4.79 Å². The molecule has 0 aliphatic carbocycles. The minimum absolute atomic E-state index is 0.0685. The molecule has 0 radical (unpaired) electrons. The zero-order valence-corrected chi connectivity index (χ0v) is 16.2. The molecule has 0 spiro atoms. The first-order valence-electron chi connectivity index (χ1n) is 8.65. The minimum Gasteiger partial charge on any atom is -0.493 e. The molecule has 27 heavy (non-hydrogen) atoms. The first-order valence-corrected chi connectivity index (χ1v) is 8.65. The lowest BCUT2D eigenvalue weighted by atomic mass is 10.0. The highest BCUT2D eigenvalue weighted by Crippen LogP contribution is 2.27. The third-order valence-corrected chi connectivity index (χ3v) is 4.23. The first kappa shape index (κ1) is 20.3. The third-order valence-electron chi connectivity index (χ3n) is 4.23. The van der Waals surface area contributed by atoms with Crippen LogP contribution >= 0.6 is 0 Å². The predicted octanol–water partition coefficient (Wildman–Crippen LogP) is 2.67. The van der Waals surface area contributed by atoms with Crippen molar-refractivity contribution in [3.63, 3.8) is 0 Å². The van der Waals surface area contributed by atoms with Crippen LogP contribution in [0.1, 0.15) is 22.7 Å². The van der Waals surface area contributed by atoms with E-state index in [-0.39, 0.29) is 18.6 Å². The van der Waals surface area contributed by atoms with Gasteiger partial charge in [-0.2, -0.15) is 5.26 Å². The Kier molecular flexibility index (Phi) is 7.21. The van der Waals surface area contributed by atoms with Gasteiger partial charge in [0.15, 0.2) is 18.1 Å². The van der Waals surface area contributed by atoms with Crippen LogP contribution < -0.4 is 14.8 Å². The maximum absolute atomic E-state index is 12.2. The smallest absolute Gasteiger partial charge is 0.258 e. The SMILES string of the molecule is COc1cc(C#N)ccc1OCC(=O)NCC(c1ccc(C)cc1)N(C)C. The van der Waals surface area contributed by atoms with Crippen molar-refractivity contribution >= 4 is 5.91 Å². The van der Waals surface area contributed by atoms with Gasteiger partial charge in [-0.15, -0.1) is 0 Å². The highest BCUT2D eigenvalue weighted by Gasteiger charge is 2.16. The van der Waals surface area contributed by atoms with Crippen LogP contribution in [0, 0.1) is 18.3 Å². The van der Waals surface area contributed by atoms with Gasteiger partial charge >= 0.3 is 0 Å². The summed E-state index contributed by atoms with van der Waals surface area (Å²) in [5.74, 6) is 0.627.